The van der Waals surface area contributed by atoms with Gasteiger partial charge in [0.2, 0.25) is 0 Å². The van der Waals surface area contributed by atoms with E-state index in [0.717, 1.165) is 0 Å². The van der Waals surface area contributed by atoms with Crippen molar-refractivity contribution in [3.63, 3.8) is 0 Å². The van der Waals surface area contributed by atoms with E-state index in [1.165, 1.54) is 0 Å². The summed E-state index contributed by atoms with van der Waals surface area (Å²) in [6.45, 7) is 4.38. The molecule has 0 saturated carbocycles. The Morgan fingerprint density at radius 3 is 2.73 bits per heavy atom. The molecule has 0 heterocycles. The molecule has 0 aromatic heterocycles. The highest BCUT2D eigenvalue weighted by Crippen LogP contribution is 1.95. The second-order valence-corrected chi connectivity index (χ2v) is 4.28. The summed E-state index contributed by atoms with van der Waals surface area (Å²) in [6, 6.07) is 0. The van der Waals surface area contributed by atoms with Crippen molar-refractivity contribution in [2.45, 2.75) is 13.8 Å². The van der Waals surface area contributed by atoms with Crippen molar-refractivity contribution in [2.24, 2.45) is 11.0 Å². The Morgan fingerprint density at radius 2 is 2.27 bits per heavy atom. The first kappa shape index (κ1) is 10.5. The van der Waals surface area contributed by atoms with Gasteiger partial charge < -0.3 is 0 Å². The SMILES string of the molecule is CC(C)CS(=O)CCN=[N+]=[N-]. The molecular formula is C6H13N3OS. The lowest BCUT2D eigenvalue weighted by atomic mass is 10.3. The molecule has 1 atom stereocenters. The van der Waals surface area contributed by atoms with E-state index in [1.54, 1.807) is 0 Å². The minimum absolute atomic E-state index is 0.343. The summed E-state index contributed by atoms with van der Waals surface area (Å²) in [4.78, 5) is 2.58. The lowest BCUT2D eigenvalue weighted by Crippen LogP contribution is -2.09. The maximum absolute atomic E-state index is 11.1. The molecule has 0 aliphatic rings. The van der Waals surface area contributed by atoms with Crippen molar-refractivity contribution in [1.29, 1.82) is 0 Å². The van der Waals surface area contributed by atoms with E-state index in [9.17, 15) is 4.21 Å². The highest BCUT2D eigenvalue weighted by molar-refractivity contribution is 7.85. The molecule has 0 N–H and O–H groups in total. The van der Waals surface area contributed by atoms with E-state index in [2.05, 4.69) is 10.0 Å². The van der Waals surface area contributed by atoms with Gasteiger partial charge in [0.25, 0.3) is 0 Å². The predicted octanol–water partition coefficient (Wildman–Crippen LogP) is 1.70. The fourth-order valence-electron chi connectivity index (χ4n) is 0.642. The van der Waals surface area contributed by atoms with Gasteiger partial charge in [0, 0.05) is 33.8 Å². The predicted molar refractivity (Wildman–Crippen MR) is 46.7 cm³/mol. The molecule has 11 heavy (non-hydrogen) atoms. The van der Waals surface area contributed by atoms with Gasteiger partial charge in [0.15, 0.2) is 0 Å². The smallest absolute Gasteiger partial charge is 0.0373 e. The second kappa shape index (κ2) is 6.19. The molecule has 0 fully saturated rings. The summed E-state index contributed by atoms with van der Waals surface area (Å²) in [5.41, 5.74) is 7.92. The first-order valence-electron chi connectivity index (χ1n) is 3.52. The van der Waals surface area contributed by atoms with Crippen LogP contribution in [0.4, 0.5) is 0 Å². The monoisotopic (exact) mass is 175 g/mol. The van der Waals surface area contributed by atoms with Gasteiger partial charge in [-0.1, -0.05) is 19.0 Å². The molecule has 0 rings (SSSR count). The van der Waals surface area contributed by atoms with Gasteiger partial charge in [0.05, 0.1) is 0 Å². The van der Waals surface area contributed by atoms with Crippen LogP contribution in [0, 0.1) is 5.92 Å². The molecule has 0 radical (unpaired) electrons. The highest BCUT2D eigenvalue weighted by Gasteiger charge is 2.01. The second-order valence-electron chi connectivity index (χ2n) is 2.66. The van der Waals surface area contributed by atoms with Crippen LogP contribution >= 0.6 is 0 Å². The Hall–Kier alpha value is -0.540. The first-order valence-corrected chi connectivity index (χ1v) is 5.01. The van der Waals surface area contributed by atoms with E-state index >= 15 is 0 Å². The van der Waals surface area contributed by atoms with Gasteiger partial charge in [-0.3, -0.25) is 4.21 Å². The highest BCUT2D eigenvalue weighted by atomic mass is 32.2. The van der Waals surface area contributed by atoms with Gasteiger partial charge >= 0.3 is 0 Å². The van der Waals surface area contributed by atoms with Gasteiger partial charge in [0.1, 0.15) is 0 Å². The standard InChI is InChI=1S/C6H13N3OS/c1-6(2)5-11(10)4-3-8-9-7/h6H,3-5H2,1-2H3. The summed E-state index contributed by atoms with van der Waals surface area (Å²) >= 11 is 0. The zero-order valence-electron chi connectivity index (χ0n) is 6.86. The number of rotatable bonds is 5. The molecule has 0 aromatic rings. The van der Waals surface area contributed by atoms with Gasteiger partial charge in [-0.25, -0.2) is 0 Å². The Morgan fingerprint density at radius 1 is 1.64 bits per heavy atom. The normalized spacial score (nSPS) is 12.6. The average molecular weight is 175 g/mol. The Bertz CT molecular complexity index is 175. The number of hydrogen-bond acceptors (Lipinski definition) is 2. The molecule has 0 aromatic carbocycles. The largest absolute Gasteiger partial charge is 0.260 e. The van der Waals surface area contributed by atoms with E-state index in [-0.39, 0.29) is 0 Å². The Balaban J connectivity index is 3.45. The van der Waals surface area contributed by atoms with Crippen LogP contribution < -0.4 is 0 Å². The van der Waals surface area contributed by atoms with E-state index < -0.39 is 10.8 Å². The number of azide groups is 1. The maximum Gasteiger partial charge on any atom is 0.0373 e. The lowest BCUT2D eigenvalue weighted by molar-refractivity contribution is 0.664. The van der Waals surface area contributed by atoms with Crippen LogP contribution in [0.25, 0.3) is 10.4 Å². The lowest BCUT2D eigenvalue weighted by Gasteiger charge is -2.01. The van der Waals surface area contributed by atoms with E-state index in [4.69, 9.17) is 5.53 Å². The molecule has 0 aliphatic heterocycles. The Kier molecular flexibility index (Phi) is 5.88. The minimum atomic E-state index is -0.816. The molecular weight excluding hydrogens is 162 g/mol. The van der Waals surface area contributed by atoms with Crippen LogP contribution in [0.3, 0.4) is 0 Å². The van der Waals surface area contributed by atoms with Crippen LogP contribution in [-0.2, 0) is 10.8 Å². The molecule has 0 amide bonds. The fraction of sp³-hybridized carbons (Fsp3) is 1.00. The third kappa shape index (κ3) is 7.36. The quantitative estimate of drug-likeness (QED) is 0.356. The molecule has 64 valence electrons. The Labute approximate surface area is 69.1 Å². The molecule has 0 bridgehead atoms. The van der Waals surface area contributed by atoms with Crippen LogP contribution in [-0.4, -0.2) is 22.3 Å². The zero-order valence-corrected chi connectivity index (χ0v) is 7.67. The van der Waals surface area contributed by atoms with Crippen molar-refractivity contribution in [3.05, 3.63) is 10.4 Å². The third-order valence-electron chi connectivity index (χ3n) is 1.00. The van der Waals surface area contributed by atoms with Crippen LogP contribution in [0.5, 0.6) is 0 Å². The van der Waals surface area contributed by atoms with Crippen molar-refractivity contribution < 1.29 is 4.21 Å². The van der Waals surface area contributed by atoms with Gasteiger partial charge in [-0.05, 0) is 11.4 Å². The molecule has 1 unspecified atom stereocenters. The van der Waals surface area contributed by atoms with E-state index in [1.807, 2.05) is 13.8 Å². The molecule has 5 heteroatoms. The first-order chi connectivity index (χ1) is 5.16. The van der Waals surface area contributed by atoms with Crippen molar-refractivity contribution in [3.8, 4) is 0 Å². The topological polar surface area (TPSA) is 65.8 Å². The molecule has 0 aliphatic carbocycles. The number of hydrogen-bond donors (Lipinski definition) is 0. The fourth-order valence-corrected chi connectivity index (χ4v) is 1.84. The van der Waals surface area contributed by atoms with Crippen molar-refractivity contribution in [2.75, 3.05) is 18.1 Å². The minimum Gasteiger partial charge on any atom is -0.260 e. The molecule has 0 spiro atoms. The third-order valence-corrected chi connectivity index (χ3v) is 2.68. The van der Waals surface area contributed by atoms with Crippen LogP contribution in [0.2, 0.25) is 0 Å². The molecule has 4 nitrogen and oxygen atoms in total. The molecule has 0 saturated heterocycles. The van der Waals surface area contributed by atoms with Crippen molar-refractivity contribution in [1.82, 2.24) is 0 Å². The summed E-state index contributed by atoms with van der Waals surface area (Å²) in [6.07, 6.45) is 0. The van der Waals surface area contributed by atoms with E-state index in [0.29, 0.717) is 24.0 Å². The summed E-state index contributed by atoms with van der Waals surface area (Å²) < 4.78 is 11.1. The summed E-state index contributed by atoms with van der Waals surface area (Å²) in [5, 5.41) is 3.31. The van der Waals surface area contributed by atoms with Crippen LogP contribution in [0.15, 0.2) is 5.11 Å². The van der Waals surface area contributed by atoms with Gasteiger partial charge in [-0.15, -0.1) is 0 Å². The summed E-state index contributed by atoms with van der Waals surface area (Å²) in [5.74, 6) is 1.63. The van der Waals surface area contributed by atoms with Crippen LogP contribution in [0.1, 0.15) is 13.8 Å². The maximum atomic E-state index is 11.1. The number of nitrogens with zero attached hydrogens (tertiary/aromatic N) is 3. The summed E-state index contributed by atoms with van der Waals surface area (Å²) in [7, 11) is -0.816. The van der Waals surface area contributed by atoms with Crippen molar-refractivity contribution >= 4 is 10.8 Å². The average Bonchev–Trinajstić information content (AvgIpc) is 1.86. The zero-order chi connectivity index (χ0) is 8.69. The van der Waals surface area contributed by atoms with Gasteiger partial charge in [-0.2, -0.15) is 0 Å².